The average Bonchev–Trinajstić information content (AvgIpc) is 3.32. The van der Waals surface area contributed by atoms with Crippen LogP contribution in [0.15, 0.2) is 64.8 Å². The summed E-state index contributed by atoms with van der Waals surface area (Å²) in [5, 5.41) is 19.6. The van der Waals surface area contributed by atoms with Crippen LogP contribution in [0.5, 0.6) is 0 Å². The van der Waals surface area contributed by atoms with Crippen LogP contribution >= 0.6 is 0 Å². The van der Waals surface area contributed by atoms with Gasteiger partial charge >= 0.3 is 12.1 Å². The number of rotatable bonds is 9. The standard InChI is InChI=1S/C24H23F3N6O7S/c1-15-3-5-17(6-4-15)21-11-22(24(25,26)27)28-32(21)19-7-9-20(10-8-19)41(37,38)29-23(35)18-12-31(13-18)33(36)30-40-14-39-16(2)34/h3-11,18H,12-14H2,1-2H3,(H,29,35). The molecule has 0 saturated carbocycles. The number of benzene rings is 2. The Morgan fingerprint density at radius 2 is 1.78 bits per heavy atom. The van der Waals surface area contributed by atoms with Gasteiger partial charge in [0.05, 0.1) is 40.3 Å². The minimum Gasteiger partial charge on any atom is -0.569 e. The normalized spacial score (nSPS) is 14.4. The summed E-state index contributed by atoms with van der Waals surface area (Å²) in [6.45, 7) is 2.06. The molecule has 218 valence electrons. The quantitative estimate of drug-likeness (QED) is 0.0979. The van der Waals surface area contributed by atoms with Crippen LogP contribution in [0.3, 0.4) is 0 Å². The second-order valence-electron chi connectivity index (χ2n) is 8.94. The molecule has 1 amide bonds. The number of aryl methyl sites for hydroxylation is 1. The molecule has 41 heavy (non-hydrogen) atoms. The molecule has 3 aromatic rings. The molecule has 1 aromatic heterocycles. The molecule has 2 aromatic carbocycles. The highest BCUT2D eigenvalue weighted by Crippen LogP contribution is 2.33. The van der Waals surface area contributed by atoms with Crippen LogP contribution in [0, 0.1) is 18.0 Å². The lowest BCUT2D eigenvalue weighted by Crippen LogP contribution is -2.56. The highest BCUT2D eigenvalue weighted by molar-refractivity contribution is 7.90. The van der Waals surface area contributed by atoms with Gasteiger partial charge in [0, 0.05) is 12.5 Å². The van der Waals surface area contributed by atoms with Crippen LogP contribution in [0.4, 0.5) is 13.2 Å². The summed E-state index contributed by atoms with van der Waals surface area (Å²) in [5.41, 5.74) is 0.565. The number of carbonyl (C=O) groups is 2. The first-order valence-electron chi connectivity index (χ1n) is 11.8. The van der Waals surface area contributed by atoms with Crippen LogP contribution < -0.4 is 4.72 Å². The molecule has 1 saturated heterocycles. The van der Waals surface area contributed by atoms with Crippen LogP contribution in [0.1, 0.15) is 18.2 Å². The lowest BCUT2D eigenvalue weighted by molar-refractivity contribution is -0.726. The van der Waals surface area contributed by atoms with Gasteiger partial charge in [-0.05, 0) is 37.3 Å². The number of amides is 1. The van der Waals surface area contributed by atoms with Crippen molar-refractivity contribution in [3.63, 3.8) is 0 Å². The number of hydrazine groups is 1. The van der Waals surface area contributed by atoms with E-state index in [1.807, 2.05) is 11.6 Å². The zero-order chi connectivity index (χ0) is 29.9. The SMILES string of the molecule is CC(=O)OCON=[N+]([O-])N1CC(C(=O)NS(=O)(=O)c2ccc(-n3nc(C(F)(F)F)cc3-c3ccc(C)cc3)cc2)C1. The van der Waals surface area contributed by atoms with E-state index < -0.39 is 46.5 Å². The second-order valence-corrected chi connectivity index (χ2v) is 10.6. The summed E-state index contributed by atoms with van der Waals surface area (Å²) in [6, 6.07) is 12.5. The van der Waals surface area contributed by atoms with Crippen LogP contribution in [-0.4, -0.2) is 59.9 Å². The molecule has 0 spiro atoms. The van der Waals surface area contributed by atoms with E-state index in [4.69, 9.17) is 0 Å². The van der Waals surface area contributed by atoms with Gasteiger partial charge in [0.1, 0.15) is 0 Å². The Balaban J connectivity index is 1.44. The van der Waals surface area contributed by atoms with E-state index in [0.29, 0.717) is 5.56 Å². The second kappa shape index (κ2) is 11.4. The van der Waals surface area contributed by atoms with Gasteiger partial charge in [-0.1, -0.05) is 29.8 Å². The third-order valence-corrected chi connectivity index (χ3v) is 7.25. The van der Waals surface area contributed by atoms with Gasteiger partial charge in [0.2, 0.25) is 11.2 Å². The maximum absolute atomic E-state index is 13.4. The third-order valence-electron chi connectivity index (χ3n) is 5.89. The molecule has 1 fully saturated rings. The Morgan fingerprint density at radius 1 is 1.15 bits per heavy atom. The van der Waals surface area contributed by atoms with E-state index in [1.54, 1.807) is 24.3 Å². The summed E-state index contributed by atoms with van der Waals surface area (Å²) in [5.74, 6) is -2.37. The lowest BCUT2D eigenvalue weighted by Gasteiger charge is -2.32. The topological polar surface area (TPSA) is 158 Å². The molecule has 2 heterocycles. The van der Waals surface area contributed by atoms with Crippen molar-refractivity contribution in [1.29, 1.82) is 0 Å². The minimum absolute atomic E-state index is 0.0326. The van der Waals surface area contributed by atoms with Crippen molar-refractivity contribution in [1.82, 2.24) is 19.5 Å². The molecular formula is C24H23F3N6O7S. The summed E-state index contributed by atoms with van der Waals surface area (Å²) in [6.07, 6.45) is -4.70. The average molecular weight is 597 g/mol. The number of halogens is 3. The number of carbonyl (C=O) groups excluding carboxylic acids is 2. The monoisotopic (exact) mass is 596 g/mol. The molecule has 1 aliphatic heterocycles. The Morgan fingerprint density at radius 3 is 2.37 bits per heavy atom. The Kier molecular flexibility index (Phi) is 8.18. The first kappa shape index (κ1) is 29.3. The van der Waals surface area contributed by atoms with E-state index in [1.165, 1.54) is 12.1 Å². The Labute approximate surface area is 231 Å². The van der Waals surface area contributed by atoms with Crippen molar-refractivity contribution < 1.29 is 45.7 Å². The molecule has 17 heteroatoms. The Hall–Kier alpha value is -4.67. The molecule has 13 nitrogen and oxygen atoms in total. The number of nitrogens with one attached hydrogen (secondary N) is 1. The maximum Gasteiger partial charge on any atom is 0.435 e. The molecule has 0 aliphatic carbocycles. The number of alkyl halides is 3. The number of aromatic nitrogens is 2. The fraction of sp³-hybridized carbons (Fsp3) is 0.292. The van der Waals surface area contributed by atoms with Crippen molar-refractivity contribution in [3.05, 3.63) is 71.1 Å². The van der Waals surface area contributed by atoms with Gasteiger partial charge in [-0.15, -0.1) is 5.01 Å². The lowest BCUT2D eigenvalue weighted by atomic mass is 10.0. The van der Waals surface area contributed by atoms with Gasteiger partial charge in [-0.3, -0.25) is 9.59 Å². The van der Waals surface area contributed by atoms with Gasteiger partial charge < -0.3 is 14.8 Å². The number of esters is 1. The predicted octanol–water partition coefficient (Wildman–Crippen LogP) is 2.93. The number of sulfonamides is 1. The van der Waals surface area contributed by atoms with Crippen molar-refractivity contribution in [2.75, 3.05) is 19.9 Å². The van der Waals surface area contributed by atoms with Crippen molar-refractivity contribution in [2.24, 2.45) is 11.2 Å². The molecule has 0 atom stereocenters. The largest absolute Gasteiger partial charge is 0.569 e. The predicted molar refractivity (Wildman–Crippen MR) is 133 cm³/mol. The molecule has 0 radical (unpaired) electrons. The van der Waals surface area contributed by atoms with E-state index >= 15 is 0 Å². The summed E-state index contributed by atoms with van der Waals surface area (Å²) in [7, 11) is -4.34. The van der Waals surface area contributed by atoms with Crippen molar-refractivity contribution in [2.45, 2.75) is 24.9 Å². The van der Waals surface area contributed by atoms with Crippen LogP contribution in [0.25, 0.3) is 16.9 Å². The van der Waals surface area contributed by atoms with Gasteiger partial charge in [-0.25, -0.2) is 17.8 Å². The van der Waals surface area contributed by atoms with Crippen LogP contribution in [0.2, 0.25) is 0 Å². The van der Waals surface area contributed by atoms with Crippen molar-refractivity contribution in [3.8, 4) is 16.9 Å². The smallest absolute Gasteiger partial charge is 0.435 e. The molecule has 4 rings (SSSR count). The summed E-state index contributed by atoms with van der Waals surface area (Å²) in [4.78, 5) is 27.3. The number of hydrogen-bond acceptors (Lipinski definition) is 9. The van der Waals surface area contributed by atoms with Gasteiger partial charge in [0.15, 0.2) is 5.69 Å². The van der Waals surface area contributed by atoms with E-state index in [-0.39, 0.29) is 34.3 Å². The third kappa shape index (κ3) is 6.92. The molecular weight excluding hydrogens is 573 g/mol. The van der Waals surface area contributed by atoms with E-state index in [0.717, 1.165) is 40.4 Å². The first-order chi connectivity index (χ1) is 19.2. The zero-order valence-corrected chi connectivity index (χ0v) is 22.3. The summed E-state index contributed by atoms with van der Waals surface area (Å²) < 4.78 is 73.3. The summed E-state index contributed by atoms with van der Waals surface area (Å²) >= 11 is 0. The Bertz CT molecular complexity index is 1570. The fourth-order valence-corrected chi connectivity index (χ4v) is 4.73. The highest BCUT2D eigenvalue weighted by Gasteiger charge is 2.40. The number of ether oxygens (including phenoxy) is 1. The molecule has 1 N–H and O–H groups in total. The zero-order valence-electron chi connectivity index (χ0n) is 21.5. The van der Waals surface area contributed by atoms with E-state index in [2.05, 4.69) is 20.0 Å². The van der Waals surface area contributed by atoms with Gasteiger partial charge in [0.25, 0.3) is 16.8 Å². The number of hydrogen-bond donors (Lipinski definition) is 1. The van der Waals surface area contributed by atoms with Gasteiger partial charge in [-0.2, -0.15) is 18.3 Å². The number of nitrogens with zero attached hydrogens (tertiary/aromatic N) is 5. The highest BCUT2D eigenvalue weighted by atomic mass is 32.2. The molecule has 0 bridgehead atoms. The maximum atomic E-state index is 13.4. The van der Waals surface area contributed by atoms with Crippen molar-refractivity contribution >= 4 is 21.9 Å². The van der Waals surface area contributed by atoms with E-state index in [9.17, 15) is 36.4 Å². The van der Waals surface area contributed by atoms with Crippen LogP contribution in [-0.2, 0) is 35.4 Å². The minimum atomic E-state index is -4.70. The fourth-order valence-electron chi connectivity index (χ4n) is 3.68. The first-order valence-corrected chi connectivity index (χ1v) is 13.3. The molecule has 0 unspecified atom stereocenters. The molecule has 1 aliphatic rings.